The normalized spacial score (nSPS) is 17.7. The fraction of sp³-hybridized carbons (Fsp3) is 0.600. The zero-order valence-electron chi connectivity index (χ0n) is 12.4. The van der Waals surface area contributed by atoms with E-state index in [1.807, 2.05) is 7.05 Å². The van der Waals surface area contributed by atoms with E-state index < -0.39 is 0 Å². The number of nitrogens with zero attached hydrogens (tertiary/aromatic N) is 1. The number of nitrogens with one attached hydrogen (secondary N) is 2. The number of hydrogen-bond donors (Lipinski definition) is 2. The van der Waals surface area contributed by atoms with Crippen molar-refractivity contribution in [3.05, 3.63) is 23.7 Å². The second kappa shape index (κ2) is 5.42. The molecular weight excluding hydrogens is 270 g/mol. The van der Waals surface area contributed by atoms with Crippen LogP contribution in [-0.2, 0) is 0 Å². The Kier molecular flexibility index (Phi) is 3.61. The molecule has 6 heteroatoms. The first kappa shape index (κ1) is 14.0. The second-order valence-electron chi connectivity index (χ2n) is 6.05. The van der Waals surface area contributed by atoms with E-state index in [1.165, 1.54) is 31.9 Å². The van der Waals surface area contributed by atoms with Gasteiger partial charge in [0.1, 0.15) is 5.76 Å². The van der Waals surface area contributed by atoms with Gasteiger partial charge >= 0.3 is 6.03 Å². The van der Waals surface area contributed by atoms with E-state index in [4.69, 9.17) is 4.42 Å². The monoisotopic (exact) mass is 291 g/mol. The van der Waals surface area contributed by atoms with Crippen molar-refractivity contribution in [3.8, 4) is 0 Å². The minimum absolute atomic E-state index is 0.256. The maximum absolute atomic E-state index is 12.2. The molecule has 0 radical (unpaired) electrons. The Balaban J connectivity index is 1.53. The van der Waals surface area contributed by atoms with E-state index in [9.17, 15) is 9.59 Å². The molecule has 114 valence electrons. The van der Waals surface area contributed by atoms with Crippen LogP contribution in [0.25, 0.3) is 0 Å². The fourth-order valence-corrected chi connectivity index (χ4v) is 2.91. The summed E-state index contributed by atoms with van der Waals surface area (Å²) >= 11 is 0. The van der Waals surface area contributed by atoms with Gasteiger partial charge in [-0.05, 0) is 50.5 Å². The Morgan fingerprint density at radius 1 is 1.24 bits per heavy atom. The van der Waals surface area contributed by atoms with Crippen LogP contribution in [0.15, 0.2) is 16.7 Å². The third-order valence-electron chi connectivity index (χ3n) is 4.36. The third kappa shape index (κ3) is 3.04. The maximum atomic E-state index is 12.2. The highest BCUT2D eigenvalue weighted by Gasteiger charge is 2.45. The summed E-state index contributed by atoms with van der Waals surface area (Å²) in [5.41, 5.74) is 5.36. The van der Waals surface area contributed by atoms with Crippen LogP contribution in [0.4, 0.5) is 4.79 Å². The van der Waals surface area contributed by atoms with Crippen LogP contribution in [0.1, 0.15) is 41.8 Å². The topological polar surface area (TPSA) is 74.6 Å². The van der Waals surface area contributed by atoms with Gasteiger partial charge in [0.05, 0.1) is 11.8 Å². The lowest BCUT2D eigenvalue weighted by Crippen LogP contribution is -2.51. The van der Waals surface area contributed by atoms with Crippen molar-refractivity contribution in [1.82, 2.24) is 15.8 Å². The van der Waals surface area contributed by atoms with Crippen molar-refractivity contribution in [2.24, 2.45) is 11.8 Å². The van der Waals surface area contributed by atoms with E-state index in [1.54, 1.807) is 17.9 Å². The Bertz CT molecular complexity index is 534. The highest BCUT2D eigenvalue weighted by atomic mass is 16.3. The van der Waals surface area contributed by atoms with Gasteiger partial charge in [-0.3, -0.25) is 10.2 Å². The molecule has 0 aromatic carbocycles. The molecule has 3 rings (SSSR count). The molecule has 2 fully saturated rings. The van der Waals surface area contributed by atoms with Gasteiger partial charge in [-0.15, -0.1) is 0 Å². The number of carbonyl (C=O) groups excluding carboxylic acids is 2. The van der Waals surface area contributed by atoms with Crippen LogP contribution in [0.5, 0.6) is 0 Å². The van der Waals surface area contributed by atoms with Gasteiger partial charge in [0.25, 0.3) is 5.91 Å². The van der Waals surface area contributed by atoms with Crippen LogP contribution in [0, 0.1) is 18.8 Å². The van der Waals surface area contributed by atoms with Crippen LogP contribution in [0.2, 0.25) is 0 Å². The lowest BCUT2D eigenvalue weighted by Gasteiger charge is -2.28. The molecule has 1 aromatic rings. The number of carbonyl (C=O) groups is 2. The van der Waals surface area contributed by atoms with Crippen LogP contribution in [0.3, 0.4) is 0 Å². The second-order valence-corrected chi connectivity index (χ2v) is 6.05. The third-order valence-corrected chi connectivity index (χ3v) is 4.36. The number of aryl methyl sites for hydroxylation is 1. The fourth-order valence-electron chi connectivity index (χ4n) is 2.91. The molecule has 1 heterocycles. The average Bonchev–Trinajstić information content (AvgIpc) is 3.38. The largest absolute Gasteiger partial charge is 0.469 e. The summed E-state index contributed by atoms with van der Waals surface area (Å²) in [4.78, 5) is 25.8. The first-order valence-electron chi connectivity index (χ1n) is 7.45. The Morgan fingerprint density at radius 2 is 1.86 bits per heavy atom. The van der Waals surface area contributed by atoms with E-state index in [0.717, 1.165) is 0 Å². The van der Waals surface area contributed by atoms with E-state index >= 15 is 0 Å². The first-order valence-corrected chi connectivity index (χ1v) is 7.45. The summed E-state index contributed by atoms with van der Waals surface area (Å²) in [6.07, 6.45) is 6.28. The molecule has 0 aliphatic heterocycles. The quantitative estimate of drug-likeness (QED) is 0.834. The molecule has 2 aliphatic carbocycles. The summed E-state index contributed by atoms with van der Waals surface area (Å²) in [7, 11) is 1.81. The van der Waals surface area contributed by atoms with Crippen LogP contribution < -0.4 is 10.9 Å². The number of amides is 3. The van der Waals surface area contributed by atoms with E-state index in [0.29, 0.717) is 29.2 Å². The number of hydrogen-bond acceptors (Lipinski definition) is 3. The minimum atomic E-state index is -0.364. The van der Waals surface area contributed by atoms with Gasteiger partial charge in [0, 0.05) is 13.1 Å². The first-order chi connectivity index (χ1) is 10.1. The molecule has 0 bridgehead atoms. The molecule has 0 spiro atoms. The van der Waals surface area contributed by atoms with Crippen molar-refractivity contribution in [2.45, 2.75) is 38.6 Å². The predicted octanol–water partition coefficient (Wildman–Crippen LogP) is 2.06. The van der Waals surface area contributed by atoms with Crippen molar-refractivity contribution in [2.75, 3.05) is 7.05 Å². The zero-order valence-corrected chi connectivity index (χ0v) is 12.4. The maximum Gasteiger partial charge on any atom is 0.336 e. The van der Waals surface area contributed by atoms with Gasteiger partial charge in [0.15, 0.2) is 0 Å². The summed E-state index contributed by atoms with van der Waals surface area (Å²) < 4.78 is 5.07. The summed E-state index contributed by atoms with van der Waals surface area (Å²) in [6.45, 7) is 1.71. The molecule has 6 nitrogen and oxygen atoms in total. The molecule has 3 amide bonds. The molecule has 0 saturated heterocycles. The average molecular weight is 291 g/mol. The van der Waals surface area contributed by atoms with Crippen molar-refractivity contribution in [1.29, 1.82) is 0 Å². The number of furan rings is 1. The summed E-state index contributed by atoms with van der Waals surface area (Å²) in [6, 6.07) is 1.64. The molecule has 0 unspecified atom stereocenters. The van der Waals surface area contributed by atoms with Crippen LogP contribution in [-0.4, -0.2) is 29.9 Å². The van der Waals surface area contributed by atoms with Gasteiger partial charge in [-0.25, -0.2) is 10.2 Å². The zero-order chi connectivity index (χ0) is 15.0. The van der Waals surface area contributed by atoms with Gasteiger partial charge in [0.2, 0.25) is 0 Å². The number of urea groups is 1. The smallest absolute Gasteiger partial charge is 0.336 e. The highest BCUT2D eigenvalue weighted by molar-refractivity contribution is 5.96. The van der Waals surface area contributed by atoms with Gasteiger partial charge < -0.3 is 9.32 Å². The van der Waals surface area contributed by atoms with Crippen molar-refractivity contribution < 1.29 is 14.0 Å². The van der Waals surface area contributed by atoms with Gasteiger partial charge in [-0.2, -0.15) is 0 Å². The predicted molar refractivity (Wildman–Crippen MR) is 76.4 cm³/mol. The number of rotatable bonds is 4. The Labute approximate surface area is 123 Å². The van der Waals surface area contributed by atoms with Crippen molar-refractivity contribution in [3.63, 3.8) is 0 Å². The molecular formula is C15H21N3O3. The summed E-state index contributed by atoms with van der Waals surface area (Å²) in [5.74, 6) is 1.45. The van der Waals surface area contributed by atoms with E-state index in [-0.39, 0.29) is 11.9 Å². The standard InChI is InChI=1S/C15H21N3O3/c1-9-12(7-8-21-9)14(19)16-17-15(20)18(2)13(10-3-4-10)11-5-6-11/h7-8,10-11,13H,3-6H2,1-2H3,(H,16,19)(H,17,20). The molecule has 21 heavy (non-hydrogen) atoms. The Morgan fingerprint density at radius 3 is 2.33 bits per heavy atom. The van der Waals surface area contributed by atoms with Gasteiger partial charge in [-0.1, -0.05) is 0 Å². The molecule has 2 N–H and O–H groups in total. The molecule has 1 aromatic heterocycles. The minimum Gasteiger partial charge on any atom is -0.469 e. The molecule has 2 saturated carbocycles. The Hall–Kier alpha value is -1.98. The lowest BCUT2D eigenvalue weighted by atomic mass is 10.1. The lowest BCUT2D eigenvalue weighted by molar-refractivity contribution is 0.0924. The van der Waals surface area contributed by atoms with Crippen LogP contribution >= 0.6 is 0 Å². The summed E-state index contributed by atoms with van der Waals surface area (Å²) in [5, 5.41) is 0. The highest BCUT2D eigenvalue weighted by Crippen LogP contribution is 2.46. The van der Waals surface area contributed by atoms with E-state index in [2.05, 4.69) is 10.9 Å². The van der Waals surface area contributed by atoms with Crippen molar-refractivity contribution >= 4 is 11.9 Å². The SMILES string of the molecule is Cc1occc1C(=O)NNC(=O)N(C)C(C1CC1)C1CC1. The number of hydrazine groups is 1. The molecule has 0 atom stereocenters. The molecule has 2 aliphatic rings.